The maximum absolute atomic E-state index is 5.89. The molecule has 2 atom stereocenters. The molecule has 1 saturated carbocycles. The molecule has 0 aromatic carbocycles. The van der Waals surface area contributed by atoms with Crippen molar-refractivity contribution in [3.05, 3.63) is 0 Å². The molecule has 2 unspecified atom stereocenters. The highest BCUT2D eigenvalue weighted by molar-refractivity contribution is 4.84. The first-order valence-corrected chi connectivity index (χ1v) is 5.26. The Labute approximate surface area is 81.2 Å². The van der Waals surface area contributed by atoms with Crippen LogP contribution in [0.3, 0.4) is 0 Å². The number of nitrogens with two attached hydrogens (primary N) is 1. The van der Waals surface area contributed by atoms with Gasteiger partial charge >= 0.3 is 0 Å². The molecule has 1 aliphatic rings. The summed E-state index contributed by atoms with van der Waals surface area (Å²) in [6.45, 7) is 5.20. The maximum atomic E-state index is 5.89. The SMILES string of the molecule is CCN(CCOC)C1CCC(N)C1. The van der Waals surface area contributed by atoms with Crippen LogP contribution < -0.4 is 5.73 Å². The van der Waals surface area contributed by atoms with E-state index in [0.717, 1.165) is 26.1 Å². The van der Waals surface area contributed by atoms with Crippen LogP contribution in [0.15, 0.2) is 0 Å². The molecular formula is C10H22N2O. The van der Waals surface area contributed by atoms with Gasteiger partial charge in [-0.3, -0.25) is 4.90 Å². The zero-order valence-corrected chi connectivity index (χ0v) is 8.83. The first kappa shape index (κ1) is 11.0. The lowest BCUT2D eigenvalue weighted by atomic mass is 10.2. The summed E-state index contributed by atoms with van der Waals surface area (Å²) in [5, 5.41) is 0. The molecule has 3 nitrogen and oxygen atoms in total. The molecular weight excluding hydrogens is 164 g/mol. The summed E-state index contributed by atoms with van der Waals surface area (Å²) in [6, 6.07) is 1.14. The van der Waals surface area contributed by atoms with Crippen LogP contribution in [0.5, 0.6) is 0 Å². The molecule has 0 heterocycles. The minimum absolute atomic E-state index is 0.432. The third-order valence-electron chi connectivity index (χ3n) is 2.95. The molecule has 0 saturated heterocycles. The smallest absolute Gasteiger partial charge is 0.0589 e. The Bertz CT molecular complexity index is 141. The van der Waals surface area contributed by atoms with Crippen LogP contribution in [-0.2, 0) is 4.74 Å². The summed E-state index contributed by atoms with van der Waals surface area (Å²) >= 11 is 0. The predicted octanol–water partition coefficient (Wildman–Crippen LogP) is 0.835. The van der Waals surface area contributed by atoms with Gasteiger partial charge in [-0.1, -0.05) is 6.92 Å². The van der Waals surface area contributed by atoms with Gasteiger partial charge in [0.25, 0.3) is 0 Å². The minimum Gasteiger partial charge on any atom is -0.383 e. The summed E-state index contributed by atoms with van der Waals surface area (Å²) < 4.78 is 5.09. The molecule has 1 rings (SSSR count). The van der Waals surface area contributed by atoms with Crippen molar-refractivity contribution in [2.45, 2.75) is 38.3 Å². The molecule has 1 aliphatic carbocycles. The molecule has 0 aromatic rings. The van der Waals surface area contributed by atoms with E-state index in [2.05, 4.69) is 11.8 Å². The van der Waals surface area contributed by atoms with Crippen LogP contribution in [0, 0.1) is 0 Å². The number of methoxy groups -OCH3 is 1. The highest BCUT2D eigenvalue weighted by atomic mass is 16.5. The van der Waals surface area contributed by atoms with E-state index >= 15 is 0 Å². The summed E-state index contributed by atoms with van der Waals surface area (Å²) in [7, 11) is 1.76. The Morgan fingerprint density at radius 2 is 2.23 bits per heavy atom. The second kappa shape index (κ2) is 5.58. The monoisotopic (exact) mass is 186 g/mol. The molecule has 0 bridgehead atoms. The van der Waals surface area contributed by atoms with E-state index in [4.69, 9.17) is 10.5 Å². The number of hydrogen-bond acceptors (Lipinski definition) is 3. The zero-order chi connectivity index (χ0) is 9.68. The normalized spacial score (nSPS) is 28.6. The van der Waals surface area contributed by atoms with Crippen molar-refractivity contribution >= 4 is 0 Å². The molecule has 3 heteroatoms. The fourth-order valence-corrected chi connectivity index (χ4v) is 2.13. The lowest BCUT2D eigenvalue weighted by Crippen LogP contribution is -2.36. The average Bonchev–Trinajstić information content (AvgIpc) is 2.54. The van der Waals surface area contributed by atoms with Crippen LogP contribution in [0.25, 0.3) is 0 Å². The Balaban J connectivity index is 2.29. The van der Waals surface area contributed by atoms with E-state index in [-0.39, 0.29) is 0 Å². The van der Waals surface area contributed by atoms with Gasteiger partial charge in [0.2, 0.25) is 0 Å². The van der Waals surface area contributed by atoms with Crippen molar-refractivity contribution < 1.29 is 4.74 Å². The molecule has 13 heavy (non-hydrogen) atoms. The quantitative estimate of drug-likeness (QED) is 0.691. The van der Waals surface area contributed by atoms with Crippen molar-refractivity contribution in [3.63, 3.8) is 0 Å². The van der Waals surface area contributed by atoms with Crippen LogP contribution in [0.2, 0.25) is 0 Å². The van der Waals surface area contributed by atoms with Gasteiger partial charge in [-0.25, -0.2) is 0 Å². The van der Waals surface area contributed by atoms with Gasteiger partial charge in [0.15, 0.2) is 0 Å². The van der Waals surface area contributed by atoms with Crippen molar-refractivity contribution in [1.82, 2.24) is 4.90 Å². The second-order valence-corrected chi connectivity index (χ2v) is 3.85. The topological polar surface area (TPSA) is 38.5 Å². The van der Waals surface area contributed by atoms with Crippen LogP contribution in [-0.4, -0.2) is 43.8 Å². The van der Waals surface area contributed by atoms with Crippen LogP contribution in [0.1, 0.15) is 26.2 Å². The van der Waals surface area contributed by atoms with Gasteiger partial charge in [0.1, 0.15) is 0 Å². The molecule has 0 radical (unpaired) electrons. The van der Waals surface area contributed by atoms with Gasteiger partial charge in [0, 0.05) is 25.7 Å². The number of ether oxygens (including phenoxy) is 1. The Morgan fingerprint density at radius 1 is 1.46 bits per heavy atom. The summed E-state index contributed by atoms with van der Waals surface area (Å²) in [5.74, 6) is 0. The van der Waals surface area contributed by atoms with E-state index in [1.165, 1.54) is 12.8 Å². The lowest BCUT2D eigenvalue weighted by molar-refractivity contribution is 0.124. The van der Waals surface area contributed by atoms with E-state index in [9.17, 15) is 0 Å². The number of likely N-dealkylation sites (N-methyl/N-ethyl adjacent to an activating group) is 1. The first-order chi connectivity index (χ1) is 6.27. The molecule has 1 fully saturated rings. The molecule has 78 valence electrons. The largest absolute Gasteiger partial charge is 0.383 e. The molecule has 0 aromatic heterocycles. The van der Waals surface area contributed by atoms with Crippen molar-refractivity contribution in [2.24, 2.45) is 5.73 Å². The van der Waals surface area contributed by atoms with Crippen molar-refractivity contribution in [2.75, 3.05) is 26.8 Å². The van der Waals surface area contributed by atoms with Gasteiger partial charge in [0.05, 0.1) is 6.61 Å². The Hall–Kier alpha value is -0.120. The summed E-state index contributed by atoms with van der Waals surface area (Å²) in [6.07, 6.45) is 3.62. The predicted molar refractivity (Wildman–Crippen MR) is 54.7 cm³/mol. The van der Waals surface area contributed by atoms with E-state index < -0.39 is 0 Å². The van der Waals surface area contributed by atoms with Gasteiger partial charge < -0.3 is 10.5 Å². The number of nitrogens with zero attached hydrogens (tertiary/aromatic N) is 1. The standard InChI is InChI=1S/C10H22N2O/c1-3-12(6-7-13-2)10-5-4-9(11)8-10/h9-10H,3-8,11H2,1-2H3. The maximum Gasteiger partial charge on any atom is 0.0589 e. The van der Waals surface area contributed by atoms with Crippen LogP contribution in [0.4, 0.5) is 0 Å². The van der Waals surface area contributed by atoms with E-state index in [1.54, 1.807) is 7.11 Å². The second-order valence-electron chi connectivity index (χ2n) is 3.85. The summed E-state index contributed by atoms with van der Waals surface area (Å²) in [5.41, 5.74) is 5.89. The molecule has 0 aliphatic heterocycles. The first-order valence-electron chi connectivity index (χ1n) is 5.26. The van der Waals surface area contributed by atoms with E-state index in [0.29, 0.717) is 12.1 Å². The Kier molecular flexibility index (Phi) is 4.70. The minimum atomic E-state index is 0.432. The third kappa shape index (κ3) is 3.25. The summed E-state index contributed by atoms with van der Waals surface area (Å²) in [4.78, 5) is 2.48. The van der Waals surface area contributed by atoms with Gasteiger partial charge in [-0.2, -0.15) is 0 Å². The molecule has 2 N–H and O–H groups in total. The fourth-order valence-electron chi connectivity index (χ4n) is 2.13. The average molecular weight is 186 g/mol. The zero-order valence-electron chi connectivity index (χ0n) is 8.83. The third-order valence-corrected chi connectivity index (χ3v) is 2.95. The fraction of sp³-hybridized carbons (Fsp3) is 1.00. The molecule has 0 amide bonds. The lowest BCUT2D eigenvalue weighted by Gasteiger charge is -2.27. The number of hydrogen-bond donors (Lipinski definition) is 1. The van der Waals surface area contributed by atoms with Crippen molar-refractivity contribution in [3.8, 4) is 0 Å². The highest BCUT2D eigenvalue weighted by Crippen LogP contribution is 2.22. The van der Waals surface area contributed by atoms with Crippen molar-refractivity contribution in [1.29, 1.82) is 0 Å². The van der Waals surface area contributed by atoms with Gasteiger partial charge in [-0.15, -0.1) is 0 Å². The van der Waals surface area contributed by atoms with Crippen LogP contribution >= 0.6 is 0 Å². The van der Waals surface area contributed by atoms with Gasteiger partial charge in [-0.05, 0) is 25.8 Å². The number of rotatable bonds is 5. The molecule has 0 spiro atoms. The van der Waals surface area contributed by atoms with E-state index in [1.807, 2.05) is 0 Å². The Morgan fingerprint density at radius 3 is 2.69 bits per heavy atom. The highest BCUT2D eigenvalue weighted by Gasteiger charge is 2.25.